The molecular formula is C5H11N2O. The highest BCUT2D eigenvalue weighted by molar-refractivity contribution is 5.72. The highest BCUT2D eigenvalue weighted by atomic mass is 16.2. The second kappa shape index (κ2) is 2.03. The van der Waals surface area contributed by atoms with Crippen molar-refractivity contribution >= 4 is 6.03 Å². The van der Waals surface area contributed by atoms with Crippen molar-refractivity contribution in [3.63, 3.8) is 0 Å². The van der Waals surface area contributed by atoms with Crippen LogP contribution in [0.15, 0.2) is 0 Å². The number of primary amides is 1. The summed E-state index contributed by atoms with van der Waals surface area (Å²) in [6.07, 6.45) is 0. The fourth-order valence-corrected chi connectivity index (χ4v) is 0.331. The van der Waals surface area contributed by atoms with E-state index < -0.39 is 6.03 Å². The molecule has 0 spiro atoms. The summed E-state index contributed by atoms with van der Waals surface area (Å²) in [5.74, 6) is 0. The molecular weight excluding hydrogens is 104 g/mol. The van der Waals surface area contributed by atoms with Gasteiger partial charge in [0.1, 0.15) is 0 Å². The number of rotatable bonds is 0. The Labute approximate surface area is 49.3 Å². The molecule has 0 aliphatic rings. The minimum absolute atomic E-state index is 0.328. The summed E-state index contributed by atoms with van der Waals surface area (Å²) >= 11 is 0. The third kappa shape index (κ3) is 5.27. The summed E-state index contributed by atoms with van der Waals surface area (Å²) in [5, 5.41) is 3.55. The molecule has 0 unspecified atom stereocenters. The largest absolute Gasteiger partial charge is 0.350 e. The van der Waals surface area contributed by atoms with E-state index >= 15 is 0 Å². The molecule has 0 saturated carbocycles. The molecule has 1 radical (unpaired) electrons. The molecule has 0 aliphatic heterocycles. The molecule has 0 bridgehead atoms. The van der Waals surface area contributed by atoms with Crippen LogP contribution in [0.1, 0.15) is 20.8 Å². The van der Waals surface area contributed by atoms with Crippen LogP contribution in [0.2, 0.25) is 0 Å². The number of amides is 2. The Bertz CT molecular complexity index is 93.1. The lowest BCUT2D eigenvalue weighted by molar-refractivity contribution is 0.239. The maximum atomic E-state index is 10.1. The summed E-state index contributed by atoms with van der Waals surface area (Å²) in [7, 11) is 0. The highest BCUT2D eigenvalue weighted by Gasteiger charge is 2.12. The highest BCUT2D eigenvalue weighted by Crippen LogP contribution is 1.98. The first-order chi connectivity index (χ1) is 3.42. The third-order valence-corrected chi connectivity index (χ3v) is 0.446. The lowest BCUT2D eigenvalue weighted by atomic mass is 10.1. The number of carbonyl (C=O) groups is 1. The maximum absolute atomic E-state index is 10.1. The molecule has 2 amide bonds. The van der Waals surface area contributed by atoms with Crippen LogP contribution >= 0.6 is 0 Å². The molecule has 0 aromatic carbocycles. The van der Waals surface area contributed by atoms with Gasteiger partial charge in [-0.15, -0.1) is 0 Å². The van der Waals surface area contributed by atoms with Crippen LogP contribution in [0.3, 0.4) is 0 Å². The van der Waals surface area contributed by atoms with Crippen molar-refractivity contribution in [2.45, 2.75) is 26.3 Å². The summed E-state index contributed by atoms with van der Waals surface area (Å²) in [6, 6.07) is -0.600. The quantitative estimate of drug-likeness (QED) is 0.490. The molecule has 0 aliphatic carbocycles. The molecule has 3 nitrogen and oxygen atoms in total. The molecule has 0 heterocycles. The SMILES string of the molecule is CC(C)(C)[N]C(N)=O. The maximum Gasteiger partial charge on any atom is 0.334 e. The van der Waals surface area contributed by atoms with Gasteiger partial charge in [-0.3, -0.25) is 0 Å². The number of hydrogen-bond donors (Lipinski definition) is 1. The number of urea groups is 1. The third-order valence-electron chi connectivity index (χ3n) is 0.446. The normalized spacial score (nSPS) is 10.9. The Morgan fingerprint density at radius 2 is 1.88 bits per heavy atom. The monoisotopic (exact) mass is 115 g/mol. The van der Waals surface area contributed by atoms with Crippen molar-refractivity contribution < 1.29 is 4.79 Å². The van der Waals surface area contributed by atoms with Gasteiger partial charge in [0.25, 0.3) is 0 Å². The van der Waals surface area contributed by atoms with Crippen molar-refractivity contribution in [1.29, 1.82) is 0 Å². The minimum Gasteiger partial charge on any atom is -0.350 e. The van der Waals surface area contributed by atoms with Crippen LogP contribution in [-0.2, 0) is 0 Å². The van der Waals surface area contributed by atoms with Crippen molar-refractivity contribution in [3.05, 3.63) is 0 Å². The average molecular weight is 115 g/mol. The van der Waals surface area contributed by atoms with Gasteiger partial charge in [0.05, 0.1) is 5.54 Å². The van der Waals surface area contributed by atoms with E-state index in [0.717, 1.165) is 0 Å². The molecule has 0 aromatic rings. The van der Waals surface area contributed by atoms with E-state index in [9.17, 15) is 4.79 Å². The van der Waals surface area contributed by atoms with Crippen molar-refractivity contribution in [2.75, 3.05) is 0 Å². The van der Waals surface area contributed by atoms with E-state index in [1.807, 2.05) is 20.8 Å². The van der Waals surface area contributed by atoms with E-state index in [1.165, 1.54) is 0 Å². The number of nitrogens with zero attached hydrogens (tertiary/aromatic N) is 1. The van der Waals surface area contributed by atoms with Gasteiger partial charge in [0.2, 0.25) is 0 Å². The van der Waals surface area contributed by atoms with Gasteiger partial charge in [-0.05, 0) is 20.8 Å². The van der Waals surface area contributed by atoms with Crippen LogP contribution < -0.4 is 11.1 Å². The standard InChI is InChI=1S/C5H11N2O/c1-5(2,3)7-4(6)8/h1-3H3,(H2,6,8). The molecule has 0 rings (SSSR count). The topological polar surface area (TPSA) is 57.2 Å². The van der Waals surface area contributed by atoms with Crippen molar-refractivity contribution in [1.82, 2.24) is 5.32 Å². The molecule has 0 saturated heterocycles. The van der Waals surface area contributed by atoms with Crippen LogP contribution in [0.25, 0.3) is 0 Å². The van der Waals surface area contributed by atoms with E-state index in [4.69, 9.17) is 5.73 Å². The zero-order valence-electron chi connectivity index (χ0n) is 5.43. The van der Waals surface area contributed by atoms with E-state index in [1.54, 1.807) is 0 Å². The Hall–Kier alpha value is -0.730. The predicted molar refractivity (Wildman–Crippen MR) is 31.5 cm³/mol. The van der Waals surface area contributed by atoms with Gasteiger partial charge in [-0.25, -0.2) is 10.1 Å². The second-order valence-corrected chi connectivity index (χ2v) is 2.62. The van der Waals surface area contributed by atoms with Gasteiger partial charge in [-0.1, -0.05) is 0 Å². The molecule has 0 aromatic heterocycles. The van der Waals surface area contributed by atoms with Gasteiger partial charge < -0.3 is 5.73 Å². The first kappa shape index (κ1) is 7.27. The molecule has 47 valence electrons. The fraction of sp³-hybridized carbons (Fsp3) is 0.800. The van der Waals surface area contributed by atoms with Crippen LogP contribution in [0.4, 0.5) is 4.79 Å². The van der Waals surface area contributed by atoms with Crippen LogP contribution in [0.5, 0.6) is 0 Å². The Balaban J connectivity index is 3.55. The molecule has 3 heteroatoms. The molecule has 0 atom stereocenters. The van der Waals surface area contributed by atoms with E-state index in [-0.39, 0.29) is 5.54 Å². The Morgan fingerprint density at radius 3 is 1.88 bits per heavy atom. The van der Waals surface area contributed by atoms with Crippen LogP contribution in [0, 0.1) is 0 Å². The van der Waals surface area contributed by atoms with Crippen molar-refractivity contribution in [2.24, 2.45) is 5.73 Å². The lowest BCUT2D eigenvalue weighted by Gasteiger charge is -2.14. The summed E-state index contributed by atoms with van der Waals surface area (Å²) in [6.45, 7) is 5.45. The summed E-state index contributed by atoms with van der Waals surface area (Å²) < 4.78 is 0. The molecule has 0 fully saturated rings. The summed E-state index contributed by atoms with van der Waals surface area (Å²) in [4.78, 5) is 10.1. The van der Waals surface area contributed by atoms with Gasteiger partial charge in [0.15, 0.2) is 0 Å². The van der Waals surface area contributed by atoms with Gasteiger partial charge in [-0.2, -0.15) is 0 Å². The average Bonchev–Trinajstić information content (AvgIpc) is 1.21. The first-order valence-corrected chi connectivity index (χ1v) is 2.44. The number of nitrogens with two attached hydrogens (primary N) is 1. The lowest BCUT2D eigenvalue weighted by Crippen LogP contribution is -2.37. The zero-order chi connectivity index (χ0) is 6.78. The first-order valence-electron chi connectivity index (χ1n) is 2.44. The summed E-state index contributed by atoms with van der Waals surface area (Å²) in [5.41, 5.74) is 4.45. The molecule has 8 heavy (non-hydrogen) atoms. The van der Waals surface area contributed by atoms with E-state index in [2.05, 4.69) is 5.32 Å². The zero-order valence-corrected chi connectivity index (χ0v) is 5.43. The second-order valence-electron chi connectivity index (χ2n) is 2.62. The number of carbonyl (C=O) groups excluding carboxylic acids is 1. The van der Waals surface area contributed by atoms with Crippen LogP contribution in [-0.4, -0.2) is 11.6 Å². The predicted octanol–water partition coefficient (Wildman–Crippen LogP) is 0.468. The van der Waals surface area contributed by atoms with Crippen molar-refractivity contribution in [3.8, 4) is 0 Å². The fourth-order valence-electron chi connectivity index (χ4n) is 0.331. The smallest absolute Gasteiger partial charge is 0.334 e. The minimum atomic E-state index is -0.600. The molecule has 2 N–H and O–H groups in total. The van der Waals surface area contributed by atoms with Gasteiger partial charge >= 0.3 is 6.03 Å². The Kier molecular flexibility index (Phi) is 1.84. The number of hydrogen-bond acceptors (Lipinski definition) is 1. The van der Waals surface area contributed by atoms with E-state index in [0.29, 0.717) is 0 Å². The van der Waals surface area contributed by atoms with Gasteiger partial charge in [0, 0.05) is 0 Å². The Morgan fingerprint density at radius 1 is 1.50 bits per heavy atom.